The summed E-state index contributed by atoms with van der Waals surface area (Å²) in [5.41, 5.74) is 5.84. The number of phenols is 1. The lowest BCUT2D eigenvalue weighted by atomic mass is 9.98. The highest BCUT2D eigenvalue weighted by atomic mass is 16.5. The lowest BCUT2D eigenvalue weighted by Gasteiger charge is -2.10. The number of ether oxygens (including phenoxy) is 1. The molecule has 0 saturated heterocycles. The third-order valence-corrected chi connectivity index (χ3v) is 4.80. The van der Waals surface area contributed by atoms with Crippen molar-refractivity contribution >= 4 is 11.8 Å². The lowest BCUT2D eigenvalue weighted by Crippen LogP contribution is -2.15. The maximum atomic E-state index is 12.4. The van der Waals surface area contributed by atoms with Crippen LogP contribution in [0.2, 0.25) is 0 Å². The summed E-state index contributed by atoms with van der Waals surface area (Å²) in [6.45, 7) is 5.54. The number of ketones is 1. The zero-order chi connectivity index (χ0) is 20.3. The number of hydrogen-bond donors (Lipinski definition) is 1. The molecule has 0 atom stereocenters. The molecule has 0 spiro atoms. The maximum Gasteiger partial charge on any atom is 0.338 e. The summed E-state index contributed by atoms with van der Waals surface area (Å²) in [5, 5.41) is 9.36. The number of aromatic hydroxyl groups is 1. The molecule has 0 aliphatic rings. The van der Waals surface area contributed by atoms with Crippen molar-refractivity contribution in [1.82, 2.24) is 0 Å². The van der Waals surface area contributed by atoms with E-state index in [0.717, 1.165) is 27.8 Å². The van der Waals surface area contributed by atoms with E-state index in [2.05, 4.69) is 0 Å². The number of aryl methyl sites for hydroxylation is 3. The van der Waals surface area contributed by atoms with Crippen LogP contribution in [0, 0.1) is 20.8 Å². The van der Waals surface area contributed by atoms with Gasteiger partial charge in [0.2, 0.25) is 5.78 Å². The predicted octanol–water partition coefficient (Wildman–Crippen LogP) is 5.02. The minimum atomic E-state index is -0.535. The monoisotopic (exact) mass is 374 g/mol. The van der Waals surface area contributed by atoms with Crippen LogP contribution in [0.15, 0.2) is 60.7 Å². The maximum absolute atomic E-state index is 12.4. The summed E-state index contributed by atoms with van der Waals surface area (Å²) in [6.07, 6.45) is 0. The van der Waals surface area contributed by atoms with E-state index in [0.29, 0.717) is 11.1 Å². The largest absolute Gasteiger partial charge is 0.508 e. The van der Waals surface area contributed by atoms with Crippen molar-refractivity contribution in [3.8, 4) is 16.9 Å². The van der Waals surface area contributed by atoms with Crippen LogP contribution in [0.25, 0.3) is 11.1 Å². The van der Waals surface area contributed by atoms with Gasteiger partial charge in [0.05, 0.1) is 5.56 Å². The molecule has 0 aliphatic carbocycles. The molecule has 0 heterocycles. The van der Waals surface area contributed by atoms with Gasteiger partial charge < -0.3 is 9.84 Å². The lowest BCUT2D eigenvalue weighted by molar-refractivity contribution is 0.0474. The molecule has 3 aromatic rings. The Labute approximate surface area is 164 Å². The van der Waals surface area contributed by atoms with E-state index in [1.165, 1.54) is 0 Å². The number of hydrogen-bond acceptors (Lipinski definition) is 4. The Bertz CT molecular complexity index is 1020. The third-order valence-electron chi connectivity index (χ3n) is 4.80. The normalized spacial score (nSPS) is 10.5. The highest BCUT2D eigenvalue weighted by Gasteiger charge is 2.14. The fourth-order valence-corrected chi connectivity index (χ4v) is 3.01. The second-order valence-electron chi connectivity index (χ2n) is 6.87. The van der Waals surface area contributed by atoms with Crippen molar-refractivity contribution in [2.75, 3.05) is 6.61 Å². The van der Waals surface area contributed by atoms with Crippen molar-refractivity contribution in [3.63, 3.8) is 0 Å². The summed E-state index contributed by atoms with van der Waals surface area (Å²) in [6, 6.07) is 17.6. The van der Waals surface area contributed by atoms with E-state index < -0.39 is 5.97 Å². The molecule has 0 bridgehead atoms. The van der Waals surface area contributed by atoms with Crippen LogP contribution in [-0.2, 0) is 4.74 Å². The van der Waals surface area contributed by atoms with Crippen molar-refractivity contribution in [2.45, 2.75) is 20.8 Å². The molecule has 3 aromatic carbocycles. The molecular formula is C24H22O4. The van der Waals surface area contributed by atoms with Gasteiger partial charge in [-0.2, -0.15) is 0 Å². The number of Topliss-reactive ketones (excluding diaryl/α,β-unsaturated/α-hetero) is 1. The van der Waals surface area contributed by atoms with Crippen LogP contribution in [0.1, 0.15) is 37.4 Å². The standard InChI is InChI=1S/C24H22O4/c1-15-12-17(3)22(13-16(15)2)23(26)14-28-24(27)20-6-4-18(5-7-20)19-8-10-21(25)11-9-19/h4-13,25H,14H2,1-3H3. The van der Waals surface area contributed by atoms with Gasteiger partial charge in [-0.25, -0.2) is 4.79 Å². The fourth-order valence-electron chi connectivity index (χ4n) is 3.01. The average molecular weight is 374 g/mol. The smallest absolute Gasteiger partial charge is 0.338 e. The molecule has 4 heteroatoms. The van der Waals surface area contributed by atoms with Crippen LogP contribution in [0.5, 0.6) is 5.75 Å². The molecule has 0 saturated carbocycles. The number of benzene rings is 3. The predicted molar refractivity (Wildman–Crippen MR) is 109 cm³/mol. The minimum absolute atomic E-state index is 0.202. The number of phenolic OH excluding ortho intramolecular Hbond substituents is 1. The number of rotatable bonds is 5. The molecule has 4 nitrogen and oxygen atoms in total. The van der Waals surface area contributed by atoms with E-state index >= 15 is 0 Å². The van der Waals surface area contributed by atoms with Crippen molar-refractivity contribution < 1.29 is 19.4 Å². The molecule has 28 heavy (non-hydrogen) atoms. The van der Waals surface area contributed by atoms with E-state index in [4.69, 9.17) is 4.74 Å². The van der Waals surface area contributed by atoms with Gasteiger partial charge in [0.15, 0.2) is 6.61 Å². The quantitative estimate of drug-likeness (QED) is 0.503. The molecule has 1 N–H and O–H groups in total. The fraction of sp³-hybridized carbons (Fsp3) is 0.167. The first kappa shape index (κ1) is 19.4. The molecule has 0 radical (unpaired) electrons. The van der Waals surface area contributed by atoms with Crippen LogP contribution in [0.4, 0.5) is 0 Å². The number of esters is 1. The van der Waals surface area contributed by atoms with E-state index in [1.807, 2.05) is 32.9 Å². The third kappa shape index (κ3) is 4.29. The second-order valence-corrected chi connectivity index (χ2v) is 6.87. The Hall–Kier alpha value is -3.40. The average Bonchev–Trinajstić information content (AvgIpc) is 2.69. The number of carbonyl (C=O) groups is 2. The Morgan fingerprint density at radius 2 is 1.32 bits per heavy atom. The van der Waals surface area contributed by atoms with E-state index in [-0.39, 0.29) is 18.1 Å². The van der Waals surface area contributed by atoms with Crippen LogP contribution >= 0.6 is 0 Å². The van der Waals surface area contributed by atoms with Gasteiger partial charge in [0, 0.05) is 5.56 Å². The van der Waals surface area contributed by atoms with E-state index in [1.54, 1.807) is 48.5 Å². The van der Waals surface area contributed by atoms with Gasteiger partial charge in [0.1, 0.15) is 5.75 Å². The van der Waals surface area contributed by atoms with Crippen molar-refractivity contribution in [2.24, 2.45) is 0 Å². The minimum Gasteiger partial charge on any atom is -0.508 e. The molecule has 3 rings (SSSR count). The Balaban J connectivity index is 1.66. The Morgan fingerprint density at radius 3 is 1.93 bits per heavy atom. The van der Waals surface area contributed by atoms with Gasteiger partial charge in [-0.05, 0) is 78.9 Å². The zero-order valence-corrected chi connectivity index (χ0v) is 16.2. The van der Waals surface area contributed by atoms with Crippen LogP contribution < -0.4 is 0 Å². The molecule has 0 fully saturated rings. The summed E-state index contributed by atoms with van der Waals surface area (Å²) in [7, 11) is 0. The summed E-state index contributed by atoms with van der Waals surface area (Å²) in [4.78, 5) is 24.7. The molecule has 0 aromatic heterocycles. The van der Waals surface area contributed by atoms with Crippen molar-refractivity contribution in [3.05, 3.63) is 88.5 Å². The first-order valence-corrected chi connectivity index (χ1v) is 9.03. The molecule has 142 valence electrons. The second kappa shape index (κ2) is 8.09. The summed E-state index contributed by atoms with van der Waals surface area (Å²) >= 11 is 0. The molecule has 0 amide bonds. The summed E-state index contributed by atoms with van der Waals surface area (Å²) in [5.74, 6) is -0.547. The zero-order valence-electron chi connectivity index (χ0n) is 16.2. The van der Waals surface area contributed by atoms with Crippen molar-refractivity contribution in [1.29, 1.82) is 0 Å². The Kier molecular flexibility index (Phi) is 5.59. The SMILES string of the molecule is Cc1cc(C)c(C(=O)COC(=O)c2ccc(-c3ccc(O)cc3)cc2)cc1C. The molecular weight excluding hydrogens is 352 g/mol. The van der Waals surface area contributed by atoms with Gasteiger partial charge in [-0.15, -0.1) is 0 Å². The first-order valence-electron chi connectivity index (χ1n) is 9.03. The number of carbonyl (C=O) groups excluding carboxylic acids is 2. The Morgan fingerprint density at radius 1 is 0.786 bits per heavy atom. The summed E-state index contributed by atoms with van der Waals surface area (Å²) < 4.78 is 5.21. The first-order chi connectivity index (χ1) is 13.3. The van der Waals surface area contributed by atoms with Gasteiger partial charge in [-0.3, -0.25) is 4.79 Å². The topological polar surface area (TPSA) is 63.6 Å². The highest BCUT2D eigenvalue weighted by Crippen LogP contribution is 2.22. The van der Waals surface area contributed by atoms with Crippen LogP contribution in [0.3, 0.4) is 0 Å². The van der Waals surface area contributed by atoms with Gasteiger partial charge >= 0.3 is 5.97 Å². The highest BCUT2D eigenvalue weighted by molar-refractivity contribution is 6.00. The molecule has 0 aliphatic heterocycles. The van der Waals surface area contributed by atoms with Gasteiger partial charge in [-0.1, -0.05) is 30.3 Å². The van der Waals surface area contributed by atoms with Gasteiger partial charge in [0.25, 0.3) is 0 Å². The van der Waals surface area contributed by atoms with E-state index in [9.17, 15) is 14.7 Å². The van der Waals surface area contributed by atoms with Crippen LogP contribution in [-0.4, -0.2) is 23.5 Å². The molecule has 0 unspecified atom stereocenters.